The summed E-state index contributed by atoms with van der Waals surface area (Å²) in [5.41, 5.74) is 19.8. The molecule has 0 spiro atoms. The fourth-order valence-electron chi connectivity index (χ4n) is 12.4. The molecular formula is C69H74F3N19O4. The average molecular weight is 1290 g/mol. The van der Waals surface area contributed by atoms with Crippen LogP contribution in [-0.2, 0) is 0 Å². The van der Waals surface area contributed by atoms with Gasteiger partial charge in [0.15, 0.2) is 17.5 Å². The summed E-state index contributed by atoms with van der Waals surface area (Å²) in [5, 5.41) is 33.7. The number of pyridine rings is 3. The molecular weight excluding hydrogens is 1220 g/mol. The molecule has 3 atom stereocenters. The Morgan fingerprint density at radius 1 is 0.516 bits per heavy atom. The molecule has 12 heterocycles. The van der Waals surface area contributed by atoms with Gasteiger partial charge in [-0.2, -0.15) is 0 Å². The summed E-state index contributed by atoms with van der Waals surface area (Å²) in [6.45, 7) is 14.7. The van der Waals surface area contributed by atoms with Crippen molar-refractivity contribution in [2.24, 2.45) is 17.8 Å². The van der Waals surface area contributed by atoms with Crippen LogP contribution >= 0.6 is 0 Å². The van der Waals surface area contributed by atoms with Crippen molar-refractivity contribution in [2.75, 3.05) is 90.2 Å². The van der Waals surface area contributed by atoms with Crippen molar-refractivity contribution in [3.8, 4) is 69.3 Å². The lowest BCUT2D eigenvalue weighted by Gasteiger charge is -2.39. The number of hydrogen-bond donors (Lipinski definition) is 6. The number of fused-ring (bicyclic) bond motifs is 3. The number of carbonyl (C=O) groups excluding carboxylic acids is 1. The first-order chi connectivity index (χ1) is 45.4. The zero-order chi connectivity index (χ0) is 66.8. The fraction of sp³-hybridized carbons (Fsp3) is 0.420. The topological polar surface area (TPSA) is 300 Å². The van der Waals surface area contributed by atoms with Crippen molar-refractivity contribution < 1.29 is 33.3 Å². The van der Waals surface area contributed by atoms with Crippen molar-refractivity contribution in [1.82, 2.24) is 78.2 Å². The van der Waals surface area contributed by atoms with Crippen molar-refractivity contribution in [3.05, 3.63) is 109 Å². The minimum atomic E-state index is -1.09. The van der Waals surface area contributed by atoms with E-state index in [1.165, 1.54) is 4.57 Å². The van der Waals surface area contributed by atoms with Gasteiger partial charge in [-0.3, -0.25) is 9.47 Å². The average Bonchev–Trinajstić information content (AvgIpc) is 1.62. The van der Waals surface area contributed by atoms with Crippen molar-refractivity contribution in [1.29, 1.82) is 0 Å². The minimum Gasteiger partial charge on any atom is -0.378 e. The molecule has 15 rings (SSSR count). The minimum absolute atomic E-state index is 0.00230. The van der Waals surface area contributed by atoms with Gasteiger partial charge in [0.1, 0.15) is 51.0 Å². The van der Waals surface area contributed by atoms with Crippen LogP contribution in [0.25, 0.3) is 66.5 Å². The van der Waals surface area contributed by atoms with Crippen molar-refractivity contribution in [2.45, 2.75) is 95.1 Å². The summed E-state index contributed by atoms with van der Waals surface area (Å²) < 4.78 is 49.7. The Hall–Kier alpha value is -9.59. The molecule has 3 saturated heterocycles. The summed E-state index contributed by atoms with van der Waals surface area (Å²) in [6, 6.07) is 5.70. The van der Waals surface area contributed by atoms with Crippen LogP contribution in [-0.4, -0.2) is 189 Å². The van der Waals surface area contributed by atoms with E-state index in [0.29, 0.717) is 57.8 Å². The van der Waals surface area contributed by atoms with Gasteiger partial charge in [0.25, 0.3) is 0 Å². The van der Waals surface area contributed by atoms with E-state index in [-0.39, 0.29) is 70.8 Å². The lowest BCUT2D eigenvalue weighted by molar-refractivity contribution is 0.0976. The highest BCUT2D eigenvalue weighted by Crippen LogP contribution is 2.43. The van der Waals surface area contributed by atoms with E-state index in [9.17, 15) is 33.3 Å². The number of likely N-dealkylation sites (tertiary alicyclic amines) is 2. The smallest absolute Gasteiger partial charge is 0.328 e. The SMILES string of the molecule is CCN1CC(n2cc(-c3nc(N)ncc3F)c3cc(C#CC(C)(O)C4CC4)ncc32)C1.CN1CC(n2cc(-c3nc(N)ncc3F)c3cc(C#CC(C)(O)C4CC4)ncc32)C1.CN1CCN(C(=O)n2cc(-c3nc(N)ncc3F)c3cc(C#CC(C)(O)C4CC4)ncc32)CC1. The van der Waals surface area contributed by atoms with E-state index in [1.54, 1.807) is 56.5 Å². The first-order valence-corrected chi connectivity index (χ1v) is 31.9. The predicted octanol–water partition coefficient (Wildman–Crippen LogP) is 6.76. The zero-order valence-electron chi connectivity index (χ0n) is 53.7. The molecule has 95 heavy (non-hydrogen) atoms. The highest BCUT2D eigenvalue weighted by molar-refractivity contribution is 6.01. The molecule has 0 bridgehead atoms. The summed E-state index contributed by atoms with van der Waals surface area (Å²) in [7, 11) is 4.08. The lowest BCUT2D eigenvalue weighted by atomic mass is 10.0. The van der Waals surface area contributed by atoms with Crippen LogP contribution in [0.1, 0.15) is 95.4 Å². The maximum Gasteiger partial charge on any atom is 0.328 e. The lowest BCUT2D eigenvalue weighted by Crippen LogP contribution is -2.48. The molecule has 26 heteroatoms. The van der Waals surface area contributed by atoms with Crippen LogP contribution in [0.15, 0.2) is 74.0 Å². The second-order valence-electron chi connectivity index (χ2n) is 26.3. The van der Waals surface area contributed by atoms with Gasteiger partial charge in [0, 0.05) is 104 Å². The molecule has 9 aromatic rings. The number of hydrogen-bond acceptors (Lipinski definition) is 19. The summed E-state index contributed by atoms with van der Waals surface area (Å²) in [6.07, 6.45) is 19.5. The maximum absolute atomic E-state index is 14.7. The largest absolute Gasteiger partial charge is 0.378 e. The highest BCUT2D eigenvalue weighted by Gasteiger charge is 2.41. The zero-order valence-corrected chi connectivity index (χ0v) is 53.7. The molecule has 9 aromatic heterocycles. The number of carbonyl (C=O) groups is 1. The number of nitrogens with two attached hydrogens (primary N) is 3. The van der Waals surface area contributed by atoms with E-state index in [0.717, 1.165) is 125 Å². The summed E-state index contributed by atoms with van der Waals surface area (Å²) in [5.74, 6) is 16.6. The fourth-order valence-corrected chi connectivity index (χ4v) is 12.4. The highest BCUT2D eigenvalue weighted by atomic mass is 19.1. The Labute approximate surface area is 546 Å². The molecule has 490 valence electrons. The van der Waals surface area contributed by atoms with Crippen LogP contribution in [0.4, 0.5) is 35.8 Å². The number of nitrogens with zero attached hydrogens (tertiary/aromatic N) is 16. The molecule has 3 aliphatic heterocycles. The Morgan fingerprint density at radius 2 is 0.874 bits per heavy atom. The van der Waals surface area contributed by atoms with E-state index < -0.39 is 34.3 Å². The number of likely N-dealkylation sites (N-methyl/N-ethyl adjacent to an activating group) is 3. The van der Waals surface area contributed by atoms with Crippen LogP contribution in [0.5, 0.6) is 0 Å². The predicted molar refractivity (Wildman–Crippen MR) is 354 cm³/mol. The quantitative estimate of drug-likeness (QED) is 0.0813. The van der Waals surface area contributed by atoms with Gasteiger partial charge in [0.05, 0.1) is 65.8 Å². The first kappa shape index (κ1) is 64.1. The number of amides is 1. The summed E-state index contributed by atoms with van der Waals surface area (Å²) >= 11 is 0. The molecule has 23 nitrogen and oxygen atoms in total. The van der Waals surface area contributed by atoms with E-state index in [4.69, 9.17) is 17.2 Å². The Kier molecular flexibility index (Phi) is 17.1. The number of piperazine rings is 1. The van der Waals surface area contributed by atoms with Crippen molar-refractivity contribution in [3.63, 3.8) is 0 Å². The second kappa shape index (κ2) is 25.3. The number of aromatic nitrogens is 12. The molecule has 6 aliphatic rings. The van der Waals surface area contributed by atoms with Gasteiger partial charge in [0.2, 0.25) is 17.8 Å². The number of nitrogen functional groups attached to an aromatic ring is 3. The Bertz CT molecular complexity index is 4670. The molecule has 0 aromatic carbocycles. The molecule has 3 saturated carbocycles. The molecule has 0 radical (unpaired) electrons. The van der Waals surface area contributed by atoms with Gasteiger partial charge in [-0.05, 0) is 134 Å². The third-order valence-corrected chi connectivity index (χ3v) is 18.8. The van der Waals surface area contributed by atoms with E-state index in [2.05, 4.69) is 118 Å². The number of rotatable bonds is 9. The van der Waals surface area contributed by atoms with E-state index >= 15 is 0 Å². The third kappa shape index (κ3) is 13.6. The van der Waals surface area contributed by atoms with Crippen LogP contribution in [0, 0.1) is 70.7 Å². The second-order valence-corrected chi connectivity index (χ2v) is 26.3. The van der Waals surface area contributed by atoms with E-state index in [1.807, 2.05) is 31.6 Å². The number of halogens is 3. The van der Waals surface area contributed by atoms with Crippen molar-refractivity contribution >= 4 is 56.6 Å². The maximum atomic E-state index is 14.7. The van der Waals surface area contributed by atoms with Crippen LogP contribution in [0.3, 0.4) is 0 Å². The number of aliphatic hydroxyl groups is 3. The molecule has 9 N–H and O–H groups in total. The molecule has 1 amide bonds. The Balaban J connectivity index is 0.000000129. The monoisotopic (exact) mass is 1290 g/mol. The van der Waals surface area contributed by atoms with Crippen LogP contribution in [0.2, 0.25) is 0 Å². The standard InChI is InChI=1S/C24H26FN7O2.C23H25FN6O.C22H23FN6O/c1-24(34,15-3-4-15)6-5-16-11-17-18(21-19(25)12-28-22(26)29-21)14-32(20(17)13-27-16)23(33)31-9-7-30(2)8-10-31;1-3-29-11-16(12-29)30-13-18(21-19(24)9-27-22(25)28-21)17-8-15(26-10-20(17)30)6-7-23(2,31)14-4-5-14;1-22(30,13-3-4-13)6-5-14-7-16-17(20-18(23)8-26-21(24)27-20)12-29(19(16)9-25-14)15-10-28(2)11-15/h11-15,34H,3-4,7-10H2,1-2H3,(H2,26,28,29);8-10,13-14,16,31H,3-5,11-12H2,1-2H3,(H2,25,27,28);7-9,12-13,15,30H,3-4,10-11H2,1-2H3,(H2,24,26,27). The van der Waals surface area contributed by atoms with Gasteiger partial charge in [-0.15, -0.1) is 0 Å². The molecule has 3 aliphatic carbocycles. The van der Waals surface area contributed by atoms with Crippen LogP contribution < -0.4 is 17.2 Å². The third-order valence-electron chi connectivity index (χ3n) is 18.8. The van der Waals surface area contributed by atoms with Gasteiger partial charge < -0.3 is 56.4 Å². The summed E-state index contributed by atoms with van der Waals surface area (Å²) in [4.78, 5) is 58.8. The normalized spacial score (nSPS) is 18.8. The van der Waals surface area contributed by atoms with Gasteiger partial charge in [-0.25, -0.2) is 62.8 Å². The van der Waals surface area contributed by atoms with Gasteiger partial charge in [-0.1, -0.05) is 24.7 Å². The molecule has 3 unspecified atom stereocenters. The van der Waals surface area contributed by atoms with Gasteiger partial charge >= 0.3 is 6.03 Å². The molecule has 6 fully saturated rings. The first-order valence-electron chi connectivity index (χ1n) is 31.9. The Morgan fingerprint density at radius 3 is 1.24 bits per heavy atom. The number of anilines is 3.